The van der Waals surface area contributed by atoms with E-state index < -0.39 is 12.1 Å². The van der Waals surface area contributed by atoms with Crippen molar-refractivity contribution in [3.05, 3.63) is 71.3 Å². The van der Waals surface area contributed by atoms with E-state index in [1.165, 1.54) is 0 Å². The molecule has 0 aliphatic carbocycles. The molecular weight excluding hydrogens is 290 g/mol. The van der Waals surface area contributed by atoms with Gasteiger partial charge in [0.05, 0.1) is 11.7 Å². The third kappa shape index (κ3) is 3.78. The van der Waals surface area contributed by atoms with Gasteiger partial charge in [-0.1, -0.05) is 42.5 Å². The Bertz CT molecular complexity index is 654. The van der Waals surface area contributed by atoms with Crippen LogP contribution in [-0.4, -0.2) is 28.3 Å². The number of aliphatic hydroxyl groups is 1. The molecule has 4 heteroatoms. The number of carboxylic acid groups (broad SMARTS) is 1. The highest BCUT2D eigenvalue weighted by atomic mass is 16.4. The molecule has 0 radical (unpaired) electrons. The van der Waals surface area contributed by atoms with Gasteiger partial charge in [-0.05, 0) is 42.5 Å². The molecule has 23 heavy (non-hydrogen) atoms. The first-order valence-electron chi connectivity index (χ1n) is 7.95. The second-order valence-electron chi connectivity index (χ2n) is 6.11. The van der Waals surface area contributed by atoms with Gasteiger partial charge < -0.3 is 15.5 Å². The average Bonchev–Trinajstić information content (AvgIpc) is 3.04. The quantitative estimate of drug-likeness (QED) is 0.794. The molecule has 3 atom stereocenters. The summed E-state index contributed by atoms with van der Waals surface area (Å²) in [6.45, 7) is 0. The summed E-state index contributed by atoms with van der Waals surface area (Å²) < 4.78 is 0. The molecule has 1 fully saturated rings. The average molecular weight is 311 g/mol. The van der Waals surface area contributed by atoms with Crippen molar-refractivity contribution in [1.29, 1.82) is 0 Å². The first kappa shape index (κ1) is 15.7. The zero-order valence-electron chi connectivity index (χ0n) is 12.9. The Morgan fingerprint density at radius 3 is 2.43 bits per heavy atom. The van der Waals surface area contributed by atoms with Crippen molar-refractivity contribution in [1.82, 2.24) is 5.32 Å². The molecule has 0 amide bonds. The van der Waals surface area contributed by atoms with Crippen LogP contribution in [0.2, 0.25) is 0 Å². The molecule has 2 aromatic rings. The maximum absolute atomic E-state index is 10.9. The Kier molecular flexibility index (Phi) is 4.74. The van der Waals surface area contributed by atoms with Crippen LogP contribution in [0.25, 0.3) is 0 Å². The minimum absolute atomic E-state index is 0.0701. The molecule has 3 unspecified atom stereocenters. The molecule has 3 N–H and O–H groups in total. The van der Waals surface area contributed by atoms with Crippen LogP contribution in [0.3, 0.4) is 0 Å². The van der Waals surface area contributed by atoms with E-state index in [9.17, 15) is 9.90 Å². The third-order valence-electron chi connectivity index (χ3n) is 4.48. The summed E-state index contributed by atoms with van der Waals surface area (Å²) in [7, 11) is 0. The lowest BCUT2D eigenvalue weighted by Gasteiger charge is -2.20. The Morgan fingerprint density at radius 2 is 1.78 bits per heavy atom. The van der Waals surface area contributed by atoms with E-state index in [0.29, 0.717) is 11.6 Å². The molecule has 0 aromatic heterocycles. The molecule has 1 heterocycles. The van der Waals surface area contributed by atoms with Crippen LogP contribution in [0.1, 0.15) is 40.4 Å². The lowest BCUT2D eigenvalue weighted by atomic mass is 10.0. The van der Waals surface area contributed by atoms with Crippen LogP contribution < -0.4 is 5.32 Å². The van der Waals surface area contributed by atoms with Crippen molar-refractivity contribution in [2.45, 2.75) is 37.5 Å². The minimum Gasteiger partial charge on any atom is -0.478 e. The topological polar surface area (TPSA) is 69.6 Å². The largest absolute Gasteiger partial charge is 0.478 e. The van der Waals surface area contributed by atoms with Crippen molar-refractivity contribution in [3.63, 3.8) is 0 Å². The molecule has 3 rings (SSSR count). The summed E-state index contributed by atoms with van der Waals surface area (Å²) >= 11 is 0. The second kappa shape index (κ2) is 6.94. The van der Waals surface area contributed by atoms with Gasteiger partial charge in [0.25, 0.3) is 0 Å². The Morgan fingerprint density at radius 1 is 1.09 bits per heavy atom. The van der Waals surface area contributed by atoms with Gasteiger partial charge in [-0.25, -0.2) is 4.79 Å². The van der Waals surface area contributed by atoms with Gasteiger partial charge in [-0.15, -0.1) is 0 Å². The van der Waals surface area contributed by atoms with Gasteiger partial charge in [0, 0.05) is 12.1 Å². The highest BCUT2D eigenvalue weighted by molar-refractivity contribution is 5.87. The zero-order chi connectivity index (χ0) is 16.2. The predicted octanol–water partition coefficient (Wildman–Crippen LogP) is 2.78. The van der Waals surface area contributed by atoms with Crippen molar-refractivity contribution in [2.75, 3.05) is 0 Å². The van der Waals surface area contributed by atoms with Crippen LogP contribution in [0.4, 0.5) is 0 Å². The van der Waals surface area contributed by atoms with Crippen LogP contribution >= 0.6 is 0 Å². The Balaban J connectivity index is 1.58. The van der Waals surface area contributed by atoms with Crippen molar-refractivity contribution in [2.24, 2.45) is 0 Å². The number of aromatic carboxylic acids is 1. The predicted molar refractivity (Wildman–Crippen MR) is 88.5 cm³/mol. The van der Waals surface area contributed by atoms with Gasteiger partial charge in [0.2, 0.25) is 0 Å². The molecule has 4 nitrogen and oxygen atoms in total. The summed E-state index contributed by atoms with van der Waals surface area (Å²) in [5.41, 5.74) is 2.37. The van der Waals surface area contributed by atoms with E-state index in [1.54, 1.807) is 12.1 Å². The number of hydrogen-bond donors (Lipinski definition) is 3. The van der Waals surface area contributed by atoms with Crippen molar-refractivity contribution < 1.29 is 15.0 Å². The third-order valence-corrected chi connectivity index (χ3v) is 4.48. The van der Waals surface area contributed by atoms with Crippen LogP contribution in [0, 0.1) is 0 Å². The summed E-state index contributed by atoms with van der Waals surface area (Å²) in [5, 5.41) is 22.9. The smallest absolute Gasteiger partial charge is 0.335 e. The van der Waals surface area contributed by atoms with Gasteiger partial charge in [-0.2, -0.15) is 0 Å². The molecule has 0 bridgehead atoms. The van der Waals surface area contributed by atoms with Crippen LogP contribution in [-0.2, 0) is 6.42 Å². The van der Waals surface area contributed by atoms with E-state index in [4.69, 9.17) is 5.11 Å². The number of carbonyl (C=O) groups is 1. The second-order valence-corrected chi connectivity index (χ2v) is 6.11. The lowest BCUT2D eigenvalue weighted by Crippen LogP contribution is -2.35. The van der Waals surface area contributed by atoms with Crippen LogP contribution in [0.15, 0.2) is 54.6 Å². The molecule has 2 aromatic carbocycles. The molecular formula is C19H21NO3. The SMILES string of the molecule is O=C(O)c1ccc(CC2CCC(C(O)c3ccccc3)N2)cc1. The monoisotopic (exact) mass is 311 g/mol. The van der Waals surface area contributed by atoms with Gasteiger partial charge in [0.1, 0.15) is 0 Å². The highest BCUT2D eigenvalue weighted by Gasteiger charge is 2.29. The first-order valence-corrected chi connectivity index (χ1v) is 7.95. The zero-order valence-corrected chi connectivity index (χ0v) is 12.9. The van der Waals surface area contributed by atoms with Gasteiger partial charge >= 0.3 is 5.97 Å². The fourth-order valence-electron chi connectivity index (χ4n) is 3.21. The van der Waals surface area contributed by atoms with E-state index in [0.717, 1.165) is 30.4 Å². The number of benzene rings is 2. The Hall–Kier alpha value is -2.17. The lowest BCUT2D eigenvalue weighted by molar-refractivity contribution is 0.0697. The number of rotatable bonds is 5. The summed E-state index contributed by atoms with van der Waals surface area (Å²) in [5.74, 6) is -0.901. The first-order chi connectivity index (χ1) is 11.1. The summed E-state index contributed by atoms with van der Waals surface area (Å²) in [6, 6.07) is 17.1. The van der Waals surface area contributed by atoms with Crippen molar-refractivity contribution >= 4 is 5.97 Å². The molecule has 1 aliphatic rings. The molecule has 120 valence electrons. The van der Waals surface area contributed by atoms with Gasteiger partial charge in [0.15, 0.2) is 0 Å². The highest BCUT2D eigenvalue weighted by Crippen LogP contribution is 2.26. The summed E-state index contributed by atoms with van der Waals surface area (Å²) in [4.78, 5) is 10.9. The number of aliphatic hydroxyl groups excluding tert-OH is 1. The van der Waals surface area contributed by atoms with Crippen LogP contribution in [0.5, 0.6) is 0 Å². The van der Waals surface area contributed by atoms with E-state index in [1.807, 2.05) is 42.5 Å². The fraction of sp³-hybridized carbons (Fsp3) is 0.316. The molecule has 1 saturated heterocycles. The maximum Gasteiger partial charge on any atom is 0.335 e. The van der Waals surface area contributed by atoms with E-state index >= 15 is 0 Å². The molecule has 0 saturated carbocycles. The molecule has 1 aliphatic heterocycles. The fourth-order valence-corrected chi connectivity index (χ4v) is 3.21. The summed E-state index contributed by atoms with van der Waals surface area (Å²) in [6.07, 6.45) is 2.30. The van der Waals surface area contributed by atoms with Crippen molar-refractivity contribution in [3.8, 4) is 0 Å². The van der Waals surface area contributed by atoms with E-state index in [2.05, 4.69) is 5.32 Å². The number of nitrogens with one attached hydrogen (secondary N) is 1. The maximum atomic E-state index is 10.9. The van der Waals surface area contributed by atoms with E-state index in [-0.39, 0.29) is 6.04 Å². The van der Waals surface area contributed by atoms with Gasteiger partial charge in [-0.3, -0.25) is 0 Å². The number of hydrogen-bond acceptors (Lipinski definition) is 3. The standard InChI is InChI=1S/C19H21NO3/c21-18(14-4-2-1-3-5-14)17-11-10-16(20-17)12-13-6-8-15(9-7-13)19(22)23/h1-9,16-18,20-21H,10-12H2,(H,22,23). The minimum atomic E-state index is -0.901. The normalized spacial score (nSPS) is 22.0. The Labute approximate surface area is 135 Å². The number of carboxylic acids is 1. The molecule has 0 spiro atoms.